The maximum Gasteiger partial charge on any atom is 0.219 e. The monoisotopic (exact) mass is 446 g/mol. The van der Waals surface area contributed by atoms with Gasteiger partial charge in [0.05, 0.1) is 18.9 Å². The summed E-state index contributed by atoms with van der Waals surface area (Å²) in [7, 11) is 0. The molecule has 2 N–H and O–H groups in total. The van der Waals surface area contributed by atoms with Crippen molar-refractivity contribution in [3.05, 3.63) is 42.9 Å². The molecule has 2 aliphatic heterocycles. The van der Waals surface area contributed by atoms with Gasteiger partial charge >= 0.3 is 0 Å². The summed E-state index contributed by atoms with van der Waals surface area (Å²) in [5.74, 6) is 2.03. The number of nitrogen functional groups attached to an aromatic ring is 1. The van der Waals surface area contributed by atoms with Crippen molar-refractivity contribution in [1.29, 1.82) is 0 Å². The molecule has 0 atom stereocenters. The lowest BCUT2D eigenvalue weighted by molar-refractivity contribution is -0.118. The molecule has 2 fully saturated rings. The average Bonchev–Trinajstić information content (AvgIpc) is 2.89. The van der Waals surface area contributed by atoms with Crippen LogP contribution >= 0.6 is 0 Å². The molecule has 2 aliphatic rings. The maximum absolute atomic E-state index is 11.0. The number of carbonyl (C=O) groups excluding carboxylic acids is 1. The van der Waals surface area contributed by atoms with Crippen LogP contribution in [0.5, 0.6) is 0 Å². The minimum atomic E-state index is 0.233. The van der Waals surface area contributed by atoms with Crippen molar-refractivity contribution in [2.75, 3.05) is 68.0 Å². The molecule has 5 heterocycles. The van der Waals surface area contributed by atoms with Crippen LogP contribution in [0, 0.1) is 0 Å². The number of hydrogen-bond acceptors (Lipinski definition) is 9. The van der Waals surface area contributed by atoms with Crippen LogP contribution in [0.25, 0.3) is 22.4 Å². The van der Waals surface area contributed by atoms with Gasteiger partial charge in [-0.15, -0.1) is 0 Å². The van der Waals surface area contributed by atoms with E-state index in [2.05, 4.69) is 31.9 Å². The molecule has 1 amide bonds. The lowest BCUT2D eigenvalue weighted by Crippen LogP contribution is -2.45. The summed E-state index contributed by atoms with van der Waals surface area (Å²) >= 11 is 0. The number of morpholine rings is 1. The Morgan fingerprint density at radius 3 is 2.15 bits per heavy atom. The van der Waals surface area contributed by atoms with Gasteiger partial charge in [0, 0.05) is 69.0 Å². The first kappa shape index (κ1) is 21.1. The number of amides is 1. The smallest absolute Gasteiger partial charge is 0.219 e. The zero-order valence-electron chi connectivity index (χ0n) is 18.3. The number of pyridine rings is 2. The number of aromatic nitrogens is 4. The van der Waals surface area contributed by atoms with Crippen molar-refractivity contribution < 1.29 is 9.53 Å². The third kappa shape index (κ3) is 4.70. The summed E-state index contributed by atoms with van der Waals surface area (Å²) in [6.45, 7) is 5.93. The topological polar surface area (TPSA) is 114 Å². The highest BCUT2D eigenvalue weighted by atomic mass is 16.5. The van der Waals surface area contributed by atoms with Crippen LogP contribution in [-0.2, 0) is 9.53 Å². The Kier molecular flexibility index (Phi) is 5.99. The van der Waals surface area contributed by atoms with Crippen molar-refractivity contribution in [3.63, 3.8) is 0 Å². The van der Waals surface area contributed by atoms with Crippen molar-refractivity contribution in [2.45, 2.75) is 0 Å². The van der Waals surface area contributed by atoms with Gasteiger partial charge in [-0.25, -0.2) is 19.9 Å². The molecule has 0 spiro atoms. The molecule has 0 bridgehead atoms. The van der Waals surface area contributed by atoms with Gasteiger partial charge in [-0.1, -0.05) is 0 Å². The number of nitrogens with zero attached hydrogens (tertiary/aromatic N) is 7. The van der Waals surface area contributed by atoms with E-state index in [1.807, 2.05) is 18.3 Å². The Morgan fingerprint density at radius 2 is 1.48 bits per heavy atom. The molecule has 0 saturated carbocycles. The Hall–Kier alpha value is -3.79. The molecule has 0 aliphatic carbocycles. The molecular weight excluding hydrogens is 420 g/mol. The highest BCUT2D eigenvalue weighted by molar-refractivity contribution is 5.74. The third-order valence-electron chi connectivity index (χ3n) is 5.98. The average molecular weight is 447 g/mol. The van der Waals surface area contributed by atoms with Gasteiger partial charge in [0.25, 0.3) is 0 Å². The van der Waals surface area contributed by atoms with Gasteiger partial charge in [-0.2, -0.15) is 0 Å². The van der Waals surface area contributed by atoms with Crippen LogP contribution in [0.2, 0.25) is 0 Å². The maximum atomic E-state index is 11.0. The molecule has 33 heavy (non-hydrogen) atoms. The number of hydrogen-bond donors (Lipinski definition) is 1. The highest BCUT2D eigenvalue weighted by Crippen LogP contribution is 2.30. The molecule has 3 aromatic rings. The van der Waals surface area contributed by atoms with Crippen molar-refractivity contribution in [2.24, 2.45) is 0 Å². The Bertz CT molecular complexity index is 1090. The number of carbonyl (C=O) groups is 1. The number of piperazine rings is 1. The SMILES string of the molecule is Nc1ncc(-c2cc(-c3ccc(N4CCN(C=O)CC4)nc3)cc(N3CCOCC3)n2)cn1. The number of anilines is 3. The quantitative estimate of drug-likeness (QED) is 0.579. The molecule has 5 rings (SSSR count). The van der Waals surface area contributed by atoms with Crippen molar-refractivity contribution in [3.8, 4) is 22.4 Å². The first-order valence-corrected chi connectivity index (χ1v) is 11.0. The Balaban J connectivity index is 1.45. The fourth-order valence-corrected chi connectivity index (χ4v) is 4.06. The minimum Gasteiger partial charge on any atom is -0.378 e. The lowest BCUT2D eigenvalue weighted by Gasteiger charge is -2.33. The van der Waals surface area contributed by atoms with Crippen LogP contribution in [0.1, 0.15) is 0 Å². The van der Waals surface area contributed by atoms with E-state index in [0.29, 0.717) is 26.3 Å². The molecular formula is C23H26N8O2. The van der Waals surface area contributed by atoms with E-state index >= 15 is 0 Å². The summed E-state index contributed by atoms with van der Waals surface area (Å²) < 4.78 is 5.51. The number of ether oxygens (including phenoxy) is 1. The van der Waals surface area contributed by atoms with E-state index in [1.54, 1.807) is 17.3 Å². The van der Waals surface area contributed by atoms with E-state index in [-0.39, 0.29) is 5.95 Å². The van der Waals surface area contributed by atoms with Crippen LogP contribution in [0.3, 0.4) is 0 Å². The fourth-order valence-electron chi connectivity index (χ4n) is 4.06. The van der Waals surface area contributed by atoms with E-state index in [4.69, 9.17) is 20.4 Å². The summed E-state index contributed by atoms with van der Waals surface area (Å²) in [5.41, 5.74) is 9.27. The van der Waals surface area contributed by atoms with Gasteiger partial charge < -0.3 is 25.2 Å². The fraction of sp³-hybridized carbons (Fsp3) is 0.348. The molecule has 10 nitrogen and oxygen atoms in total. The second kappa shape index (κ2) is 9.37. The van der Waals surface area contributed by atoms with Gasteiger partial charge in [0.15, 0.2) is 0 Å². The van der Waals surface area contributed by atoms with Gasteiger partial charge in [-0.3, -0.25) is 4.79 Å². The highest BCUT2D eigenvalue weighted by Gasteiger charge is 2.18. The van der Waals surface area contributed by atoms with E-state index in [1.165, 1.54) is 0 Å². The van der Waals surface area contributed by atoms with Crippen LogP contribution in [0.15, 0.2) is 42.9 Å². The second-order valence-corrected chi connectivity index (χ2v) is 8.06. The van der Waals surface area contributed by atoms with Crippen LogP contribution < -0.4 is 15.5 Å². The van der Waals surface area contributed by atoms with Crippen LogP contribution in [-0.4, -0.2) is 83.7 Å². The number of nitrogens with two attached hydrogens (primary N) is 1. The van der Waals surface area contributed by atoms with Gasteiger partial charge in [0.1, 0.15) is 11.6 Å². The van der Waals surface area contributed by atoms with E-state index < -0.39 is 0 Å². The number of rotatable bonds is 5. The predicted molar refractivity (Wildman–Crippen MR) is 126 cm³/mol. The first-order valence-electron chi connectivity index (χ1n) is 11.0. The molecule has 2 saturated heterocycles. The Morgan fingerprint density at radius 1 is 0.788 bits per heavy atom. The van der Waals surface area contributed by atoms with Crippen LogP contribution in [0.4, 0.5) is 17.6 Å². The molecule has 0 unspecified atom stereocenters. The van der Waals surface area contributed by atoms with Gasteiger partial charge in [0.2, 0.25) is 12.4 Å². The van der Waals surface area contributed by atoms with Crippen molar-refractivity contribution in [1.82, 2.24) is 24.8 Å². The largest absolute Gasteiger partial charge is 0.378 e. The molecule has 170 valence electrons. The second-order valence-electron chi connectivity index (χ2n) is 8.06. The normalized spacial score (nSPS) is 16.7. The lowest BCUT2D eigenvalue weighted by atomic mass is 10.1. The molecule has 0 aromatic carbocycles. The zero-order chi connectivity index (χ0) is 22.6. The van der Waals surface area contributed by atoms with E-state index in [9.17, 15) is 4.79 Å². The Labute approximate surface area is 192 Å². The van der Waals surface area contributed by atoms with Gasteiger partial charge in [-0.05, 0) is 29.8 Å². The first-order chi connectivity index (χ1) is 16.2. The summed E-state index contributed by atoms with van der Waals surface area (Å²) in [6.07, 6.45) is 6.19. The molecule has 0 radical (unpaired) electrons. The van der Waals surface area contributed by atoms with E-state index in [0.717, 1.165) is 66.6 Å². The summed E-state index contributed by atoms with van der Waals surface area (Å²) in [4.78, 5) is 35.0. The third-order valence-corrected chi connectivity index (χ3v) is 5.98. The van der Waals surface area contributed by atoms with Crippen molar-refractivity contribution >= 4 is 24.0 Å². The standard InChI is InChI=1S/C23H26N8O2/c24-23-26-14-19(15-27-23)20-11-18(12-22(28-20)31-7-9-33-10-8-31)17-1-2-21(25-13-17)30-5-3-29(16-32)4-6-30/h1-2,11-16H,3-10H2,(H2,24,26,27). The molecule has 3 aromatic heterocycles. The summed E-state index contributed by atoms with van der Waals surface area (Å²) in [5, 5.41) is 0. The zero-order valence-corrected chi connectivity index (χ0v) is 18.3. The summed E-state index contributed by atoms with van der Waals surface area (Å²) in [6, 6.07) is 8.23. The minimum absolute atomic E-state index is 0.233. The predicted octanol–water partition coefficient (Wildman–Crippen LogP) is 1.30. The molecule has 10 heteroatoms.